The molecule has 0 unspecified atom stereocenters. The molecular formula is C25H34N2O2S. The van der Waals surface area contributed by atoms with Gasteiger partial charge >= 0.3 is 5.97 Å². The average molecular weight is 427 g/mol. The summed E-state index contributed by atoms with van der Waals surface area (Å²) in [5.74, 6) is 0.711. The van der Waals surface area contributed by atoms with Gasteiger partial charge in [0.25, 0.3) is 0 Å². The topological polar surface area (TPSA) is 41.6 Å². The normalized spacial score (nSPS) is 11.2. The van der Waals surface area contributed by atoms with Crippen LogP contribution < -0.4 is 5.32 Å². The van der Waals surface area contributed by atoms with Gasteiger partial charge in [0.15, 0.2) is 0 Å². The molecule has 0 aromatic heterocycles. The summed E-state index contributed by atoms with van der Waals surface area (Å²) in [6.07, 6.45) is 5.38. The number of benzene rings is 2. The molecule has 0 fully saturated rings. The Balaban J connectivity index is 2.00. The molecule has 0 aliphatic heterocycles. The summed E-state index contributed by atoms with van der Waals surface area (Å²) in [5, 5.41) is 3.61. The maximum Gasteiger partial charge on any atom is 0.330 e. The van der Waals surface area contributed by atoms with Crippen LogP contribution in [-0.4, -0.2) is 49.9 Å². The number of hydrogen-bond acceptors (Lipinski definition) is 5. The summed E-state index contributed by atoms with van der Waals surface area (Å²) in [7, 11) is 1.39. The number of thioether (sulfide) groups is 1. The Hall–Kier alpha value is -2.24. The lowest BCUT2D eigenvalue weighted by Gasteiger charge is -2.18. The molecule has 4 nitrogen and oxygen atoms in total. The molecule has 0 bridgehead atoms. The molecular weight excluding hydrogens is 392 g/mol. The van der Waals surface area contributed by atoms with E-state index in [0.717, 1.165) is 56.0 Å². The van der Waals surface area contributed by atoms with Gasteiger partial charge in [0.2, 0.25) is 0 Å². The lowest BCUT2D eigenvalue weighted by Crippen LogP contribution is -2.25. The van der Waals surface area contributed by atoms with Crippen LogP contribution in [0, 0.1) is 0 Å². The number of methoxy groups -OCH3 is 1. The Labute approximate surface area is 185 Å². The highest BCUT2D eigenvalue weighted by Crippen LogP contribution is 2.29. The molecule has 0 saturated heterocycles. The molecule has 5 heteroatoms. The summed E-state index contributed by atoms with van der Waals surface area (Å²) in [4.78, 5) is 15.1. The minimum atomic E-state index is -0.343. The Kier molecular flexibility index (Phi) is 11.1. The lowest BCUT2D eigenvalue weighted by molar-refractivity contribution is -0.134. The monoisotopic (exact) mass is 426 g/mol. The predicted molar refractivity (Wildman–Crippen MR) is 129 cm³/mol. The third-order valence-electron chi connectivity index (χ3n) is 4.98. The number of anilines is 1. The quantitative estimate of drug-likeness (QED) is 0.202. The molecule has 0 radical (unpaired) electrons. The van der Waals surface area contributed by atoms with Crippen LogP contribution in [-0.2, 0) is 16.0 Å². The van der Waals surface area contributed by atoms with Gasteiger partial charge in [0, 0.05) is 35.5 Å². The number of nitrogens with one attached hydrogen (secondary N) is 1. The zero-order valence-corrected chi connectivity index (χ0v) is 19.2. The third-order valence-corrected chi connectivity index (χ3v) is 6.03. The van der Waals surface area contributed by atoms with Crippen LogP contribution in [0.25, 0.3) is 6.08 Å². The molecule has 0 atom stereocenters. The summed E-state index contributed by atoms with van der Waals surface area (Å²) in [5.41, 5.74) is 3.47. The van der Waals surface area contributed by atoms with Crippen LogP contribution in [0.3, 0.4) is 0 Å². The average Bonchev–Trinajstić information content (AvgIpc) is 2.79. The zero-order chi connectivity index (χ0) is 21.6. The van der Waals surface area contributed by atoms with E-state index in [1.165, 1.54) is 23.6 Å². The lowest BCUT2D eigenvalue weighted by atomic mass is 10.1. The number of hydrogen-bond donors (Lipinski definition) is 1. The second-order valence-corrected chi connectivity index (χ2v) is 8.14. The van der Waals surface area contributed by atoms with Gasteiger partial charge in [0.1, 0.15) is 0 Å². The minimum absolute atomic E-state index is 0.343. The van der Waals surface area contributed by atoms with E-state index in [9.17, 15) is 4.79 Å². The first-order chi connectivity index (χ1) is 14.7. The standard InChI is InChI=1S/C25H34N2O2S/c1-4-27(5-2)18-19-30-24-15-13-22(14-16-25(28)29-3)20-23(24)26-17-9-12-21-10-7-6-8-11-21/h6-8,10-11,13-16,20,26H,4-5,9,12,17-19H2,1-3H3. The molecule has 0 amide bonds. The number of carbonyl (C=O) groups excluding carboxylic acids is 1. The second kappa shape index (κ2) is 13.9. The van der Waals surface area contributed by atoms with Crippen LogP contribution >= 0.6 is 11.8 Å². The molecule has 2 aromatic rings. The van der Waals surface area contributed by atoms with E-state index >= 15 is 0 Å². The first kappa shape index (κ1) is 24.0. The van der Waals surface area contributed by atoms with Crippen molar-refractivity contribution < 1.29 is 9.53 Å². The molecule has 0 aliphatic carbocycles. The van der Waals surface area contributed by atoms with Gasteiger partial charge in [-0.2, -0.15) is 0 Å². The Bertz CT molecular complexity index is 789. The molecule has 1 N–H and O–H groups in total. The molecule has 30 heavy (non-hydrogen) atoms. The van der Waals surface area contributed by atoms with Crippen molar-refractivity contribution >= 4 is 29.5 Å². The van der Waals surface area contributed by atoms with E-state index in [2.05, 4.69) is 66.5 Å². The van der Waals surface area contributed by atoms with Gasteiger partial charge in [0.05, 0.1) is 7.11 Å². The van der Waals surface area contributed by atoms with E-state index in [1.54, 1.807) is 6.08 Å². The van der Waals surface area contributed by atoms with Crippen molar-refractivity contribution in [3.63, 3.8) is 0 Å². The molecule has 0 aliphatic rings. The number of rotatable bonds is 13. The van der Waals surface area contributed by atoms with Gasteiger partial charge in [-0.15, -0.1) is 11.8 Å². The SMILES string of the molecule is CCN(CC)CCSc1ccc(C=CC(=O)OC)cc1NCCCc1ccccc1. The fraction of sp³-hybridized carbons (Fsp3) is 0.400. The summed E-state index contributed by atoms with van der Waals surface area (Å²) < 4.78 is 4.69. The highest BCUT2D eigenvalue weighted by molar-refractivity contribution is 7.99. The maximum absolute atomic E-state index is 11.4. The van der Waals surface area contributed by atoms with Crippen molar-refractivity contribution in [3.05, 3.63) is 65.7 Å². The van der Waals surface area contributed by atoms with Gasteiger partial charge in [-0.3, -0.25) is 0 Å². The van der Waals surface area contributed by atoms with Crippen molar-refractivity contribution in [1.82, 2.24) is 4.90 Å². The second-order valence-electron chi connectivity index (χ2n) is 7.00. The van der Waals surface area contributed by atoms with Crippen molar-refractivity contribution in [2.45, 2.75) is 31.6 Å². The first-order valence-corrected chi connectivity index (χ1v) is 11.7. The van der Waals surface area contributed by atoms with Crippen molar-refractivity contribution in [2.75, 3.05) is 44.4 Å². The smallest absolute Gasteiger partial charge is 0.330 e. The van der Waals surface area contributed by atoms with E-state index < -0.39 is 0 Å². The fourth-order valence-electron chi connectivity index (χ4n) is 3.13. The van der Waals surface area contributed by atoms with E-state index in [4.69, 9.17) is 4.74 Å². The summed E-state index contributed by atoms with van der Waals surface area (Å²) in [6.45, 7) is 8.56. The van der Waals surface area contributed by atoms with Crippen LogP contribution in [0.15, 0.2) is 59.5 Å². The Morgan fingerprint density at radius 2 is 1.90 bits per heavy atom. The third kappa shape index (κ3) is 8.64. The molecule has 0 spiro atoms. The number of aryl methyl sites for hydroxylation is 1. The Morgan fingerprint density at radius 3 is 2.60 bits per heavy atom. The van der Waals surface area contributed by atoms with Crippen molar-refractivity contribution in [2.24, 2.45) is 0 Å². The van der Waals surface area contributed by atoms with Crippen LogP contribution in [0.4, 0.5) is 5.69 Å². The van der Waals surface area contributed by atoms with E-state index in [-0.39, 0.29) is 5.97 Å². The van der Waals surface area contributed by atoms with Crippen LogP contribution in [0.1, 0.15) is 31.4 Å². The van der Waals surface area contributed by atoms with Gasteiger partial charge in [-0.25, -0.2) is 4.79 Å². The Morgan fingerprint density at radius 1 is 1.13 bits per heavy atom. The maximum atomic E-state index is 11.4. The van der Waals surface area contributed by atoms with Gasteiger partial charge in [-0.1, -0.05) is 50.2 Å². The minimum Gasteiger partial charge on any atom is -0.466 e. The van der Waals surface area contributed by atoms with Gasteiger partial charge in [-0.05, 0) is 55.3 Å². The van der Waals surface area contributed by atoms with Crippen LogP contribution in [0.5, 0.6) is 0 Å². The zero-order valence-electron chi connectivity index (χ0n) is 18.4. The number of esters is 1. The van der Waals surface area contributed by atoms with E-state index in [0.29, 0.717) is 0 Å². The van der Waals surface area contributed by atoms with Crippen LogP contribution in [0.2, 0.25) is 0 Å². The highest BCUT2D eigenvalue weighted by Gasteiger charge is 2.06. The largest absolute Gasteiger partial charge is 0.466 e. The molecule has 0 heterocycles. The summed E-state index contributed by atoms with van der Waals surface area (Å²) in [6, 6.07) is 16.9. The van der Waals surface area contributed by atoms with Crippen molar-refractivity contribution in [1.29, 1.82) is 0 Å². The number of ether oxygens (including phenoxy) is 1. The number of nitrogens with zero attached hydrogens (tertiary/aromatic N) is 1. The first-order valence-electron chi connectivity index (χ1n) is 10.7. The molecule has 0 saturated carbocycles. The predicted octanol–water partition coefficient (Wildman–Crippen LogP) is 5.35. The number of carbonyl (C=O) groups is 1. The molecule has 2 aromatic carbocycles. The fourth-order valence-corrected chi connectivity index (χ4v) is 4.15. The van der Waals surface area contributed by atoms with Crippen molar-refractivity contribution in [3.8, 4) is 0 Å². The summed E-state index contributed by atoms with van der Waals surface area (Å²) >= 11 is 1.88. The highest BCUT2D eigenvalue weighted by atomic mass is 32.2. The molecule has 162 valence electrons. The van der Waals surface area contributed by atoms with Gasteiger partial charge < -0.3 is 15.0 Å². The molecule has 2 rings (SSSR count). The van der Waals surface area contributed by atoms with E-state index in [1.807, 2.05) is 17.8 Å².